The summed E-state index contributed by atoms with van der Waals surface area (Å²) in [4.78, 5) is 71.7. The average molecular weight is 491 g/mol. The molecule has 15 heteroatoms. The second kappa shape index (κ2) is 11.1. The molecule has 0 saturated carbocycles. The molecule has 3 atom stereocenters. The van der Waals surface area contributed by atoms with Gasteiger partial charge in [-0.1, -0.05) is 6.08 Å². The maximum absolute atomic E-state index is 13.8. The van der Waals surface area contributed by atoms with Crippen LogP contribution in [0.2, 0.25) is 0 Å². The molecule has 0 radical (unpaired) electrons. The molecule has 2 aromatic heterocycles. The quantitative estimate of drug-likeness (QED) is 0.154. The van der Waals surface area contributed by atoms with E-state index in [-0.39, 0.29) is 30.1 Å². The summed E-state index contributed by atoms with van der Waals surface area (Å²) in [6, 6.07) is -1.67. The zero-order valence-corrected chi connectivity index (χ0v) is 18.2. The number of alkyl halides is 1. The Hall–Kier alpha value is -4.43. The number of H-pyrrole nitrogens is 1. The molecule has 1 aliphatic rings. The summed E-state index contributed by atoms with van der Waals surface area (Å²) in [6.07, 6.45) is 1.11. The first-order valence-electron chi connectivity index (χ1n) is 10.4. The van der Waals surface area contributed by atoms with Crippen molar-refractivity contribution in [3.8, 4) is 0 Å². The van der Waals surface area contributed by atoms with Gasteiger partial charge in [0.05, 0.1) is 18.4 Å². The van der Waals surface area contributed by atoms with Crippen molar-refractivity contribution in [2.24, 2.45) is 5.92 Å². The van der Waals surface area contributed by atoms with Crippen molar-refractivity contribution in [3.05, 3.63) is 34.0 Å². The van der Waals surface area contributed by atoms with Gasteiger partial charge in [0.15, 0.2) is 17.3 Å². The van der Waals surface area contributed by atoms with Gasteiger partial charge in [-0.05, 0) is 19.3 Å². The van der Waals surface area contributed by atoms with Crippen LogP contribution >= 0.6 is 0 Å². The van der Waals surface area contributed by atoms with Gasteiger partial charge in [0, 0.05) is 18.0 Å². The number of anilines is 1. The van der Waals surface area contributed by atoms with Gasteiger partial charge in [-0.3, -0.25) is 19.4 Å². The Morgan fingerprint density at radius 1 is 1.37 bits per heavy atom. The number of carboxylic acids is 1. The lowest BCUT2D eigenvalue weighted by Gasteiger charge is -2.24. The van der Waals surface area contributed by atoms with Crippen LogP contribution in [0.25, 0.3) is 11.2 Å². The van der Waals surface area contributed by atoms with Crippen LogP contribution in [0.1, 0.15) is 31.4 Å². The van der Waals surface area contributed by atoms with Crippen LogP contribution in [0.15, 0.2) is 22.8 Å². The second-order valence-electron chi connectivity index (χ2n) is 7.67. The molecule has 2 aromatic rings. The van der Waals surface area contributed by atoms with E-state index in [1.165, 1.54) is 6.20 Å². The van der Waals surface area contributed by atoms with Gasteiger partial charge in [-0.2, -0.15) is 4.98 Å². The second-order valence-corrected chi connectivity index (χ2v) is 7.67. The molecular weight excluding hydrogens is 469 g/mol. The highest BCUT2D eigenvalue weighted by Crippen LogP contribution is 2.23. The zero-order valence-electron chi connectivity index (χ0n) is 18.2. The van der Waals surface area contributed by atoms with Crippen LogP contribution in [0.4, 0.5) is 10.3 Å². The van der Waals surface area contributed by atoms with Crippen LogP contribution in [0, 0.1) is 5.92 Å². The van der Waals surface area contributed by atoms with Crippen molar-refractivity contribution in [2.75, 3.05) is 5.73 Å². The summed E-state index contributed by atoms with van der Waals surface area (Å²) in [6.45, 7) is -0.00566. The Morgan fingerprint density at radius 3 is 2.80 bits per heavy atom. The number of ether oxygens (including phenoxy) is 1. The minimum atomic E-state index is -2.38. The Morgan fingerprint density at radius 2 is 2.14 bits per heavy atom. The van der Waals surface area contributed by atoms with Crippen molar-refractivity contribution in [2.45, 2.75) is 44.4 Å². The van der Waals surface area contributed by atoms with Crippen LogP contribution in [0.5, 0.6) is 0 Å². The molecule has 1 amide bonds. The highest BCUT2D eigenvalue weighted by molar-refractivity contribution is 5.86. The van der Waals surface area contributed by atoms with Gasteiger partial charge in [0.1, 0.15) is 6.04 Å². The fourth-order valence-corrected chi connectivity index (χ4v) is 3.43. The molecule has 2 unspecified atom stereocenters. The molecule has 0 saturated heterocycles. The molecule has 186 valence electrons. The minimum absolute atomic E-state index is 0.0517. The minimum Gasteiger partial charge on any atom is -0.480 e. The van der Waals surface area contributed by atoms with Crippen molar-refractivity contribution < 1.29 is 33.4 Å². The monoisotopic (exact) mass is 491 g/mol. The van der Waals surface area contributed by atoms with Gasteiger partial charge >= 0.3 is 18.4 Å². The van der Waals surface area contributed by atoms with Crippen molar-refractivity contribution in [1.29, 1.82) is 0 Å². The van der Waals surface area contributed by atoms with Crippen LogP contribution < -0.4 is 21.9 Å². The van der Waals surface area contributed by atoms with Gasteiger partial charge in [0.25, 0.3) is 5.56 Å². The number of hydrogen-bond donors (Lipinski definition) is 5. The van der Waals surface area contributed by atoms with Gasteiger partial charge in [-0.25, -0.2) is 23.9 Å². The van der Waals surface area contributed by atoms with Gasteiger partial charge in [-0.15, -0.1) is 0 Å². The number of aromatic amines is 1. The Balaban J connectivity index is 1.54. The lowest BCUT2D eigenvalue weighted by atomic mass is 9.91. The first-order valence-corrected chi connectivity index (χ1v) is 10.4. The number of carbonyl (C=O) groups is 4. The number of esters is 1. The standard InChI is InChI=1S/C20H22FN7O7/c21-12(19(34)35-8-29)5-13(18(32)33)26-16(30)9-1-3-10(4-2-9)23-6-11-7-24-15-14(25-11)17(31)28-20(22)27-15/h3,7-9,12-13,23H,1-2,4-6H2,(H,26,30)(H,32,33)(H3,22,24,27,28,31)/t9?,12?,13-/m0/s1. The van der Waals surface area contributed by atoms with Gasteiger partial charge < -0.3 is 26.2 Å². The van der Waals surface area contributed by atoms with E-state index in [9.17, 15) is 33.5 Å². The van der Waals surface area contributed by atoms with Crippen molar-refractivity contribution >= 4 is 41.4 Å². The molecule has 14 nitrogen and oxygen atoms in total. The maximum atomic E-state index is 13.8. The van der Waals surface area contributed by atoms with Crippen molar-refractivity contribution in [1.82, 2.24) is 30.6 Å². The molecule has 6 N–H and O–H groups in total. The summed E-state index contributed by atoms with van der Waals surface area (Å²) >= 11 is 0. The van der Waals surface area contributed by atoms with E-state index in [4.69, 9.17) is 5.73 Å². The number of aromatic nitrogens is 4. The van der Waals surface area contributed by atoms with Crippen LogP contribution in [0.3, 0.4) is 0 Å². The first kappa shape index (κ1) is 25.2. The molecule has 35 heavy (non-hydrogen) atoms. The number of nitrogen functional groups attached to an aromatic ring is 1. The number of nitrogens with two attached hydrogens (primary N) is 1. The molecule has 0 spiro atoms. The SMILES string of the molecule is Nc1nc2ncc(CNC3=CCC(C(=O)N[C@@H](CC(F)C(=O)OC=O)C(=O)O)CC3)nc2c(=O)[nH]1. The number of aliphatic carboxylic acids is 1. The highest BCUT2D eigenvalue weighted by atomic mass is 19.1. The molecule has 0 bridgehead atoms. The fourth-order valence-electron chi connectivity index (χ4n) is 3.43. The number of amides is 1. The highest BCUT2D eigenvalue weighted by Gasteiger charge is 2.31. The van der Waals surface area contributed by atoms with E-state index < -0.39 is 48.0 Å². The number of carbonyl (C=O) groups excluding carboxylic acids is 3. The number of nitrogens with one attached hydrogen (secondary N) is 3. The third kappa shape index (κ3) is 6.55. The van der Waals surface area contributed by atoms with Crippen LogP contribution in [-0.2, 0) is 30.5 Å². The largest absolute Gasteiger partial charge is 0.480 e. The Labute approximate surface area is 196 Å². The zero-order chi connectivity index (χ0) is 25.5. The molecular formula is C20H22FN7O7. The molecule has 0 fully saturated rings. The maximum Gasteiger partial charge on any atom is 0.348 e. The number of halogens is 1. The van der Waals surface area contributed by atoms with E-state index in [0.717, 1.165) is 5.70 Å². The summed E-state index contributed by atoms with van der Waals surface area (Å²) in [5.41, 5.74) is 6.44. The number of rotatable bonds is 10. The third-order valence-electron chi connectivity index (χ3n) is 5.24. The van der Waals surface area contributed by atoms with Crippen LogP contribution in [-0.4, -0.2) is 61.6 Å². The third-order valence-corrected chi connectivity index (χ3v) is 5.24. The first-order chi connectivity index (χ1) is 16.7. The van der Waals surface area contributed by atoms with E-state index in [1.807, 2.05) is 0 Å². The van der Waals surface area contributed by atoms with E-state index in [1.54, 1.807) is 6.08 Å². The number of allylic oxidation sites excluding steroid dienone is 2. The van der Waals surface area contributed by atoms with Crippen molar-refractivity contribution in [3.63, 3.8) is 0 Å². The molecule has 1 aliphatic carbocycles. The number of carboxylic acid groups (broad SMARTS) is 1. The topological polar surface area (TPSA) is 219 Å². The summed E-state index contributed by atoms with van der Waals surface area (Å²) in [5.74, 6) is -4.28. The lowest BCUT2D eigenvalue weighted by molar-refractivity contribution is -0.156. The Kier molecular flexibility index (Phi) is 8.01. The number of nitrogens with zero attached hydrogens (tertiary/aromatic N) is 3. The van der Waals surface area contributed by atoms with Gasteiger partial charge in [0.2, 0.25) is 11.9 Å². The Bertz CT molecular complexity index is 1230. The smallest absolute Gasteiger partial charge is 0.348 e. The lowest BCUT2D eigenvalue weighted by Crippen LogP contribution is -2.46. The predicted molar refractivity (Wildman–Crippen MR) is 116 cm³/mol. The summed E-state index contributed by atoms with van der Waals surface area (Å²) in [5, 5.41) is 14.6. The molecule has 0 aliphatic heterocycles. The average Bonchev–Trinajstić information content (AvgIpc) is 2.82. The molecule has 2 heterocycles. The normalized spacial score (nSPS) is 17.1. The fraction of sp³-hybridized carbons (Fsp3) is 0.400. The molecule has 0 aromatic carbocycles. The van der Waals surface area contributed by atoms with E-state index in [0.29, 0.717) is 25.0 Å². The predicted octanol–water partition coefficient (Wildman–Crippen LogP) is -0.934. The van der Waals surface area contributed by atoms with E-state index in [2.05, 4.69) is 35.3 Å². The molecule has 3 rings (SSSR count). The number of fused-ring (bicyclic) bond motifs is 1. The summed E-state index contributed by atoms with van der Waals surface area (Å²) in [7, 11) is 0. The number of hydrogen-bond acceptors (Lipinski definition) is 11. The van der Waals surface area contributed by atoms with E-state index >= 15 is 0 Å². The summed E-state index contributed by atoms with van der Waals surface area (Å²) < 4.78 is 17.6.